The van der Waals surface area contributed by atoms with Crippen LogP contribution in [0.25, 0.3) is 0 Å². The van der Waals surface area contributed by atoms with Crippen LogP contribution in [0, 0.1) is 0 Å². The number of nitrogens with zero attached hydrogens (tertiary/aromatic N) is 4. The molecule has 4 aliphatic rings. The molecule has 0 unspecified atom stereocenters. The van der Waals surface area contributed by atoms with Gasteiger partial charge >= 0.3 is 0 Å². The average Bonchev–Trinajstić information content (AvgIpc) is 3.22. The van der Waals surface area contributed by atoms with E-state index in [1.165, 1.54) is 77.0 Å². The Bertz CT molecular complexity index is 307. The highest BCUT2D eigenvalue weighted by Crippen LogP contribution is 2.42. The Balaban J connectivity index is 1.31. The molecule has 2 saturated carbocycles. The van der Waals surface area contributed by atoms with Gasteiger partial charge in [-0.25, -0.2) is 0 Å². The van der Waals surface area contributed by atoms with Crippen LogP contribution < -0.4 is 0 Å². The minimum atomic E-state index is 0.728. The molecule has 4 heteroatoms. The second kappa shape index (κ2) is 5.53. The van der Waals surface area contributed by atoms with Gasteiger partial charge in [0.05, 0.1) is 24.2 Å². The summed E-state index contributed by atoms with van der Waals surface area (Å²) < 4.78 is 0. The van der Waals surface area contributed by atoms with Crippen molar-refractivity contribution in [1.29, 1.82) is 0 Å². The van der Waals surface area contributed by atoms with Gasteiger partial charge < -0.3 is 0 Å². The van der Waals surface area contributed by atoms with Gasteiger partial charge in [0.2, 0.25) is 0 Å². The highest BCUT2D eigenvalue weighted by molar-refractivity contribution is 5.01. The number of fused-ring (bicyclic) bond motifs is 2. The molecule has 0 aromatic carbocycles. The van der Waals surface area contributed by atoms with Crippen molar-refractivity contribution < 1.29 is 0 Å². The molecule has 0 N–H and O–H groups in total. The maximum atomic E-state index is 4.60. The molecule has 2 heterocycles. The lowest BCUT2D eigenvalue weighted by molar-refractivity contribution is 0.369. The fourth-order valence-electron chi connectivity index (χ4n) is 4.42. The summed E-state index contributed by atoms with van der Waals surface area (Å²) in [6.07, 6.45) is 16.6. The summed E-state index contributed by atoms with van der Waals surface area (Å²) >= 11 is 0. The van der Waals surface area contributed by atoms with Gasteiger partial charge in [0.15, 0.2) is 0 Å². The van der Waals surface area contributed by atoms with Gasteiger partial charge in [0.1, 0.15) is 0 Å². The van der Waals surface area contributed by atoms with Gasteiger partial charge in [0, 0.05) is 0 Å². The normalized spacial score (nSPS) is 41.2. The zero-order chi connectivity index (χ0) is 13.4. The number of hydrogen-bond acceptors (Lipinski definition) is 2. The van der Waals surface area contributed by atoms with Crippen LogP contribution in [-0.4, -0.2) is 34.2 Å². The Labute approximate surface area is 122 Å². The summed E-state index contributed by atoms with van der Waals surface area (Å²) in [6, 6.07) is 2.91. The zero-order valence-electron chi connectivity index (χ0n) is 12.6. The van der Waals surface area contributed by atoms with E-state index in [-0.39, 0.29) is 0 Å². The monoisotopic (exact) mass is 276 g/mol. The Hall–Kier alpha value is -0.800. The SMILES string of the molecule is C1CCC[C@H]2[C@@H](CC1)N2/N=N/N1[C@@H]2CCCCCC[C@@H]21. The Morgan fingerprint density at radius 2 is 0.750 bits per heavy atom. The predicted molar refractivity (Wildman–Crippen MR) is 79.1 cm³/mol. The fraction of sp³-hybridized carbons (Fsp3) is 1.00. The molecule has 0 radical (unpaired) electrons. The van der Waals surface area contributed by atoms with E-state index < -0.39 is 0 Å². The molecule has 0 bridgehead atoms. The minimum Gasteiger partial charge on any atom is -0.267 e. The van der Waals surface area contributed by atoms with Crippen molar-refractivity contribution in [2.45, 2.75) is 101 Å². The topological polar surface area (TPSA) is 30.7 Å². The predicted octanol–water partition coefficient (Wildman–Crippen LogP) is 4.08. The van der Waals surface area contributed by atoms with Crippen LogP contribution in [0.5, 0.6) is 0 Å². The summed E-state index contributed by atoms with van der Waals surface area (Å²) in [5.41, 5.74) is 0. The molecule has 112 valence electrons. The van der Waals surface area contributed by atoms with Crippen molar-refractivity contribution in [2.75, 3.05) is 0 Å². The highest BCUT2D eigenvalue weighted by atomic mass is 15.8. The van der Waals surface area contributed by atoms with E-state index in [4.69, 9.17) is 0 Å². The van der Waals surface area contributed by atoms with Gasteiger partial charge in [-0.1, -0.05) is 61.8 Å². The van der Waals surface area contributed by atoms with Crippen molar-refractivity contribution in [1.82, 2.24) is 10.0 Å². The highest BCUT2D eigenvalue weighted by Gasteiger charge is 2.49. The van der Waals surface area contributed by atoms with Crippen molar-refractivity contribution in [3.05, 3.63) is 0 Å². The maximum absolute atomic E-state index is 4.60. The molecule has 0 amide bonds. The summed E-state index contributed by atoms with van der Waals surface area (Å²) in [4.78, 5) is 0. The van der Waals surface area contributed by atoms with Crippen molar-refractivity contribution in [3.63, 3.8) is 0 Å². The molecule has 4 nitrogen and oxygen atoms in total. The third kappa shape index (κ3) is 2.53. The number of hydrogen-bond donors (Lipinski definition) is 0. The zero-order valence-corrected chi connectivity index (χ0v) is 12.6. The first-order valence-electron chi connectivity index (χ1n) is 8.93. The van der Waals surface area contributed by atoms with E-state index >= 15 is 0 Å². The smallest absolute Gasteiger partial charge is 0.0713 e. The van der Waals surface area contributed by atoms with E-state index in [9.17, 15) is 0 Å². The van der Waals surface area contributed by atoms with E-state index in [2.05, 4.69) is 20.5 Å². The molecule has 2 aliphatic carbocycles. The van der Waals surface area contributed by atoms with E-state index in [1.807, 2.05) is 0 Å². The molecule has 2 aliphatic heterocycles. The minimum absolute atomic E-state index is 0.728. The first-order chi connectivity index (χ1) is 9.95. The van der Waals surface area contributed by atoms with Gasteiger partial charge in [-0.15, -0.1) is 0 Å². The Morgan fingerprint density at radius 3 is 1.05 bits per heavy atom. The summed E-state index contributed by atoms with van der Waals surface area (Å²) in [7, 11) is 0. The lowest BCUT2D eigenvalue weighted by Crippen LogP contribution is -1.97. The van der Waals surface area contributed by atoms with Gasteiger partial charge in [-0.05, 0) is 25.7 Å². The van der Waals surface area contributed by atoms with Crippen LogP contribution >= 0.6 is 0 Å². The second-order valence-electron chi connectivity index (χ2n) is 7.19. The third-order valence-electron chi connectivity index (χ3n) is 5.81. The van der Waals surface area contributed by atoms with Crippen molar-refractivity contribution >= 4 is 0 Å². The summed E-state index contributed by atoms with van der Waals surface area (Å²) in [6.45, 7) is 0. The molecule has 4 atom stereocenters. The second-order valence-corrected chi connectivity index (χ2v) is 7.19. The standard InChI is InChI=1S/C16H28N4/c1-2-6-10-14-13(9-5-1)19(14)17-18-20-15-11-7-3-4-8-12-16(15)20/h13-16H,1-12H2/b18-17+/t13-,14+,15-,16+,19?,20?. The van der Waals surface area contributed by atoms with E-state index in [0.717, 1.165) is 24.2 Å². The Kier molecular flexibility index (Phi) is 3.57. The molecular formula is C16H28N4. The molecule has 4 rings (SSSR count). The van der Waals surface area contributed by atoms with Gasteiger partial charge in [-0.2, -0.15) is 0 Å². The average molecular weight is 276 g/mol. The maximum Gasteiger partial charge on any atom is 0.0713 e. The number of rotatable bonds is 2. The Morgan fingerprint density at radius 1 is 0.450 bits per heavy atom. The van der Waals surface area contributed by atoms with E-state index in [1.54, 1.807) is 0 Å². The molecule has 0 aromatic rings. The summed E-state index contributed by atoms with van der Waals surface area (Å²) in [5.74, 6) is 0. The largest absolute Gasteiger partial charge is 0.267 e. The van der Waals surface area contributed by atoms with Gasteiger partial charge in [-0.3, -0.25) is 10.0 Å². The van der Waals surface area contributed by atoms with Crippen molar-refractivity contribution in [3.8, 4) is 0 Å². The van der Waals surface area contributed by atoms with Crippen LogP contribution in [0.4, 0.5) is 0 Å². The lowest BCUT2D eigenvalue weighted by atomic mass is 10.0. The van der Waals surface area contributed by atoms with Crippen LogP contribution in [0.3, 0.4) is 0 Å². The van der Waals surface area contributed by atoms with Gasteiger partial charge in [0.25, 0.3) is 0 Å². The molecule has 0 aromatic heterocycles. The van der Waals surface area contributed by atoms with Crippen LogP contribution in [0.1, 0.15) is 77.0 Å². The van der Waals surface area contributed by atoms with Crippen molar-refractivity contribution in [2.24, 2.45) is 10.4 Å². The first kappa shape index (κ1) is 12.9. The fourth-order valence-corrected chi connectivity index (χ4v) is 4.42. The quantitative estimate of drug-likeness (QED) is 0.562. The summed E-state index contributed by atoms with van der Waals surface area (Å²) in [5, 5.41) is 13.8. The molecule has 4 fully saturated rings. The first-order valence-corrected chi connectivity index (χ1v) is 8.93. The molecule has 20 heavy (non-hydrogen) atoms. The molecule has 0 spiro atoms. The van der Waals surface area contributed by atoms with Crippen LogP contribution in [0.2, 0.25) is 0 Å². The third-order valence-corrected chi connectivity index (χ3v) is 5.81. The van der Waals surface area contributed by atoms with Crippen LogP contribution in [0.15, 0.2) is 10.4 Å². The lowest BCUT2D eigenvalue weighted by Gasteiger charge is -2.02. The van der Waals surface area contributed by atoms with Crippen LogP contribution in [-0.2, 0) is 0 Å². The van der Waals surface area contributed by atoms with E-state index in [0.29, 0.717) is 0 Å². The molecule has 2 saturated heterocycles. The molecular weight excluding hydrogens is 248 g/mol.